The van der Waals surface area contributed by atoms with Crippen molar-refractivity contribution < 1.29 is 4.79 Å². The first-order chi connectivity index (χ1) is 11.0. The molecule has 0 aliphatic heterocycles. The third-order valence-electron chi connectivity index (χ3n) is 3.64. The Labute approximate surface area is 136 Å². The Morgan fingerprint density at radius 2 is 1.91 bits per heavy atom. The van der Waals surface area contributed by atoms with Crippen molar-refractivity contribution >= 4 is 17.4 Å². The van der Waals surface area contributed by atoms with Gasteiger partial charge < -0.3 is 15.5 Å². The van der Waals surface area contributed by atoms with Crippen molar-refractivity contribution in [1.29, 1.82) is 0 Å². The van der Waals surface area contributed by atoms with Crippen molar-refractivity contribution in [2.24, 2.45) is 0 Å². The third-order valence-corrected chi connectivity index (χ3v) is 3.64. The van der Waals surface area contributed by atoms with E-state index in [0.717, 1.165) is 11.3 Å². The molecule has 2 N–H and O–H groups in total. The number of rotatable bonds is 6. The van der Waals surface area contributed by atoms with Crippen LogP contribution in [0, 0.1) is 13.8 Å². The third kappa shape index (κ3) is 4.67. The highest BCUT2D eigenvalue weighted by molar-refractivity contribution is 5.94. The molecule has 0 aliphatic rings. The molecule has 0 saturated carbocycles. The van der Waals surface area contributed by atoms with Crippen LogP contribution in [0.15, 0.2) is 30.5 Å². The van der Waals surface area contributed by atoms with Gasteiger partial charge in [-0.1, -0.05) is 6.07 Å². The Morgan fingerprint density at radius 3 is 2.61 bits per heavy atom. The molecule has 6 nitrogen and oxygen atoms in total. The predicted octanol–water partition coefficient (Wildman–Crippen LogP) is 2.00. The first-order valence-corrected chi connectivity index (χ1v) is 7.57. The number of benzene rings is 1. The molecule has 0 bridgehead atoms. The van der Waals surface area contributed by atoms with Crippen LogP contribution < -0.4 is 15.5 Å². The number of nitrogens with zero attached hydrogens (tertiary/aromatic N) is 3. The summed E-state index contributed by atoms with van der Waals surface area (Å²) in [7, 11) is 3.90. The second-order valence-corrected chi connectivity index (χ2v) is 5.68. The second-order valence-electron chi connectivity index (χ2n) is 5.68. The quantitative estimate of drug-likeness (QED) is 0.798. The van der Waals surface area contributed by atoms with Gasteiger partial charge in [0.05, 0.1) is 11.9 Å². The molecule has 1 heterocycles. The van der Waals surface area contributed by atoms with Crippen LogP contribution in [0.25, 0.3) is 0 Å². The number of anilines is 2. The van der Waals surface area contributed by atoms with E-state index < -0.39 is 0 Å². The normalized spacial score (nSPS) is 10.3. The van der Waals surface area contributed by atoms with Crippen molar-refractivity contribution in [2.75, 3.05) is 37.4 Å². The number of aryl methyl sites for hydroxylation is 2. The number of nitrogens with one attached hydrogen (secondary N) is 2. The molecule has 1 aromatic carbocycles. The Bertz CT molecular complexity index is 684. The Kier molecular flexibility index (Phi) is 5.51. The smallest absolute Gasteiger partial charge is 0.251 e. The number of amides is 1. The zero-order valence-corrected chi connectivity index (χ0v) is 14.1. The molecule has 0 spiro atoms. The van der Waals surface area contributed by atoms with Crippen molar-refractivity contribution in [1.82, 2.24) is 15.5 Å². The van der Waals surface area contributed by atoms with Crippen molar-refractivity contribution in [3.8, 4) is 0 Å². The highest BCUT2D eigenvalue weighted by atomic mass is 16.1. The molecule has 0 aliphatic carbocycles. The molecule has 0 saturated heterocycles. The van der Waals surface area contributed by atoms with Gasteiger partial charge >= 0.3 is 0 Å². The second kappa shape index (κ2) is 7.58. The van der Waals surface area contributed by atoms with E-state index in [1.54, 1.807) is 6.20 Å². The molecule has 0 radical (unpaired) electrons. The first-order valence-electron chi connectivity index (χ1n) is 7.57. The molecule has 2 aromatic rings. The zero-order valence-electron chi connectivity index (χ0n) is 14.1. The van der Waals surface area contributed by atoms with Gasteiger partial charge in [0.25, 0.3) is 5.91 Å². The summed E-state index contributed by atoms with van der Waals surface area (Å²) in [6, 6.07) is 7.63. The van der Waals surface area contributed by atoms with Gasteiger partial charge in [0.15, 0.2) is 5.82 Å². The lowest BCUT2D eigenvalue weighted by atomic mass is 10.1. The van der Waals surface area contributed by atoms with Crippen LogP contribution >= 0.6 is 0 Å². The largest absolute Gasteiger partial charge is 0.376 e. The summed E-state index contributed by atoms with van der Waals surface area (Å²) >= 11 is 0. The van der Waals surface area contributed by atoms with Gasteiger partial charge in [0.1, 0.15) is 0 Å². The minimum Gasteiger partial charge on any atom is -0.376 e. The number of aromatic nitrogens is 2. The first kappa shape index (κ1) is 16.7. The lowest BCUT2D eigenvalue weighted by Crippen LogP contribution is -2.29. The van der Waals surface area contributed by atoms with Gasteiger partial charge in [-0.15, -0.1) is 5.10 Å². The molecule has 0 atom stereocenters. The molecule has 2 rings (SSSR count). The van der Waals surface area contributed by atoms with Crippen LogP contribution in [0.1, 0.15) is 21.5 Å². The van der Waals surface area contributed by atoms with E-state index in [1.165, 1.54) is 5.56 Å². The summed E-state index contributed by atoms with van der Waals surface area (Å²) in [6.45, 7) is 5.13. The van der Waals surface area contributed by atoms with Gasteiger partial charge in [0, 0.05) is 38.8 Å². The minimum absolute atomic E-state index is 0.0666. The van der Waals surface area contributed by atoms with E-state index in [9.17, 15) is 4.79 Å². The van der Waals surface area contributed by atoms with Crippen LogP contribution in [0.3, 0.4) is 0 Å². The van der Waals surface area contributed by atoms with Gasteiger partial charge in [-0.05, 0) is 37.1 Å². The fourth-order valence-corrected chi connectivity index (χ4v) is 2.04. The minimum atomic E-state index is -0.0666. The van der Waals surface area contributed by atoms with E-state index in [0.29, 0.717) is 24.5 Å². The Balaban J connectivity index is 1.82. The monoisotopic (exact) mass is 313 g/mol. The molecule has 1 amide bonds. The molecular weight excluding hydrogens is 290 g/mol. The van der Waals surface area contributed by atoms with Crippen LogP contribution in [0.5, 0.6) is 0 Å². The van der Waals surface area contributed by atoms with E-state index >= 15 is 0 Å². The summed E-state index contributed by atoms with van der Waals surface area (Å²) in [4.78, 5) is 14.0. The summed E-state index contributed by atoms with van der Waals surface area (Å²) in [5.74, 6) is 0.625. The number of hydrogen-bond donors (Lipinski definition) is 2. The summed E-state index contributed by atoms with van der Waals surface area (Å²) < 4.78 is 0. The van der Waals surface area contributed by atoms with Gasteiger partial charge in [0.2, 0.25) is 0 Å². The molecule has 0 fully saturated rings. The summed E-state index contributed by atoms with van der Waals surface area (Å²) in [5.41, 5.74) is 3.96. The average Bonchev–Trinajstić information content (AvgIpc) is 2.54. The maximum Gasteiger partial charge on any atom is 0.251 e. The van der Waals surface area contributed by atoms with Gasteiger partial charge in [-0.25, -0.2) is 0 Å². The Hall–Kier alpha value is -2.63. The molecule has 1 aromatic heterocycles. The van der Waals surface area contributed by atoms with Crippen LogP contribution in [-0.4, -0.2) is 43.3 Å². The fraction of sp³-hybridized carbons (Fsp3) is 0.353. The van der Waals surface area contributed by atoms with Gasteiger partial charge in [-0.2, -0.15) is 5.10 Å². The van der Waals surface area contributed by atoms with Crippen LogP contribution in [0.4, 0.5) is 11.5 Å². The average molecular weight is 313 g/mol. The molecule has 23 heavy (non-hydrogen) atoms. The lowest BCUT2D eigenvalue weighted by Gasteiger charge is -2.13. The van der Waals surface area contributed by atoms with E-state index in [4.69, 9.17) is 0 Å². The maximum absolute atomic E-state index is 12.1. The molecule has 0 unspecified atom stereocenters. The standard InChI is InChI=1S/C17H23N5O/c1-12-5-6-14(9-13(12)2)17(23)19-8-7-18-16-10-15(22(3)4)11-20-21-16/h5-6,9-11H,7-8H2,1-4H3,(H,18,21)(H,19,23). The SMILES string of the molecule is Cc1ccc(C(=O)NCCNc2cc(N(C)C)cnn2)cc1C. The van der Waals surface area contributed by atoms with Gasteiger partial charge in [-0.3, -0.25) is 4.79 Å². The lowest BCUT2D eigenvalue weighted by molar-refractivity contribution is 0.0955. The van der Waals surface area contributed by atoms with Crippen molar-refractivity contribution in [3.63, 3.8) is 0 Å². The maximum atomic E-state index is 12.1. The number of hydrogen-bond acceptors (Lipinski definition) is 5. The molecule has 122 valence electrons. The van der Waals surface area contributed by atoms with E-state index in [-0.39, 0.29) is 5.91 Å². The Morgan fingerprint density at radius 1 is 1.13 bits per heavy atom. The van der Waals surface area contributed by atoms with Crippen LogP contribution in [0.2, 0.25) is 0 Å². The van der Waals surface area contributed by atoms with Crippen LogP contribution in [-0.2, 0) is 0 Å². The summed E-state index contributed by atoms with van der Waals surface area (Å²) in [5, 5.41) is 14.0. The number of carbonyl (C=O) groups is 1. The molecule has 6 heteroatoms. The zero-order chi connectivity index (χ0) is 16.8. The van der Waals surface area contributed by atoms with E-state index in [1.807, 2.05) is 57.1 Å². The fourth-order valence-electron chi connectivity index (χ4n) is 2.04. The topological polar surface area (TPSA) is 70.2 Å². The summed E-state index contributed by atoms with van der Waals surface area (Å²) in [6.07, 6.45) is 1.70. The number of carbonyl (C=O) groups excluding carboxylic acids is 1. The van der Waals surface area contributed by atoms with Crippen molar-refractivity contribution in [2.45, 2.75) is 13.8 Å². The highest BCUT2D eigenvalue weighted by Gasteiger charge is 2.06. The van der Waals surface area contributed by atoms with Crippen molar-refractivity contribution in [3.05, 3.63) is 47.2 Å². The van der Waals surface area contributed by atoms with E-state index in [2.05, 4.69) is 20.8 Å². The molecular formula is C17H23N5O. The highest BCUT2D eigenvalue weighted by Crippen LogP contribution is 2.12. The predicted molar refractivity (Wildman–Crippen MR) is 93.1 cm³/mol.